The van der Waals surface area contributed by atoms with E-state index in [-0.39, 0.29) is 31.2 Å². The third-order valence-corrected chi connectivity index (χ3v) is 7.37. The van der Waals surface area contributed by atoms with Crippen LogP contribution in [0, 0.1) is 11.8 Å². The average Bonchev–Trinajstić information content (AvgIpc) is 3.34. The number of alkyl halides is 4. The molecule has 1 saturated carbocycles. The van der Waals surface area contributed by atoms with E-state index in [2.05, 4.69) is 15.1 Å². The van der Waals surface area contributed by atoms with Crippen molar-refractivity contribution in [1.29, 1.82) is 0 Å². The molecular weight excluding hydrogens is 540 g/mol. The lowest BCUT2D eigenvalue weighted by molar-refractivity contribution is -0.204. The highest BCUT2D eigenvalue weighted by Gasteiger charge is 2.50. The number of aryl methyl sites for hydroxylation is 1. The number of benzene rings is 1. The summed E-state index contributed by atoms with van der Waals surface area (Å²) < 4.78 is 58.3. The van der Waals surface area contributed by atoms with Crippen LogP contribution in [-0.2, 0) is 22.5 Å². The fraction of sp³-hybridized carbons (Fsp3) is 0.533. The quantitative estimate of drug-likeness (QED) is 0.197. The molecule has 1 aliphatic rings. The minimum atomic E-state index is -4.30. The van der Waals surface area contributed by atoms with E-state index in [1.807, 2.05) is 12.1 Å². The second kappa shape index (κ2) is 11.9. The van der Waals surface area contributed by atoms with Crippen LogP contribution in [0.4, 0.5) is 23.4 Å². The Labute approximate surface area is 237 Å². The number of pyridine rings is 1. The monoisotopic (exact) mass is 576 g/mol. The molecule has 1 aromatic carbocycles. The minimum Gasteiger partial charge on any atom is -0.386 e. The number of hydrogen-bond acceptors (Lipinski definition) is 6. The number of carbonyl (C=O) groups is 1. The van der Waals surface area contributed by atoms with Crippen molar-refractivity contribution in [1.82, 2.24) is 15.1 Å². The van der Waals surface area contributed by atoms with E-state index in [0.29, 0.717) is 43.0 Å². The van der Waals surface area contributed by atoms with Gasteiger partial charge in [-0.15, -0.1) is 0 Å². The predicted octanol–water partition coefficient (Wildman–Crippen LogP) is 6.90. The van der Waals surface area contributed by atoms with Crippen molar-refractivity contribution in [3.8, 4) is 11.3 Å². The number of rotatable bonds is 11. The Hall–Kier alpha value is -3.34. The minimum absolute atomic E-state index is 0.0809. The summed E-state index contributed by atoms with van der Waals surface area (Å²) in [4.78, 5) is 23.7. The van der Waals surface area contributed by atoms with Crippen molar-refractivity contribution in [2.24, 2.45) is 11.8 Å². The van der Waals surface area contributed by atoms with Crippen LogP contribution in [0.2, 0.25) is 0 Å². The van der Waals surface area contributed by atoms with Crippen LogP contribution in [0.25, 0.3) is 11.3 Å². The van der Waals surface area contributed by atoms with Crippen LogP contribution in [0.15, 0.2) is 47.0 Å². The Morgan fingerprint density at radius 3 is 2.24 bits per heavy atom. The number of unbranched alkanes of at least 4 members (excludes halogenated alkanes) is 2. The molecule has 4 rings (SSSR count). The molecule has 2 aromatic heterocycles. The van der Waals surface area contributed by atoms with Crippen LogP contribution in [0.1, 0.15) is 77.1 Å². The van der Waals surface area contributed by atoms with Gasteiger partial charge in [-0.3, -0.25) is 9.69 Å². The van der Waals surface area contributed by atoms with E-state index in [0.717, 1.165) is 11.1 Å². The average molecular weight is 577 g/mol. The van der Waals surface area contributed by atoms with Crippen molar-refractivity contribution in [3.05, 3.63) is 59.7 Å². The molecular formula is C30H36F4N4O3. The first kappa shape index (κ1) is 30.6. The van der Waals surface area contributed by atoms with Gasteiger partial charge in [0, 0.05) is 24.4 Å². The molecule has 7 nitrogen and oxygen atoms in total. The Morgan fingerprint density at radius 1 is 0.976 bits per heavy atom. The number of amides is 1. The molecule has 0 saturated heterocycles. The highest BCUT2D eigenvalue weighted by molar-refractivity contribution is 5.95. The van der Waals surface area contributed by atoms with E-state index in [4.69, 9.17) is 4.52 Å². The first-order valence-corrected chi connectivity index (χ1v) is 13.8. The van der Waals surface area contributed by atoms with Gasteiger partial charge in [-0.2, -0.15) is 18.2 Å². The number of anilines is 1. The Morgan fingerprint density at radius 2 is 1.66 bits per heavy atom. The lowest BCUT2D eigenvalue weighted by atomic mass is 9.73. The molecule has 41 heavy (non-hydrogen) atoms. The second-order valence-corrected chi connectivity index (χ2v) is 11.7. The van der Waals surface area contributed by atoms with E-state index in [9.17, 15) is 27.5 Å². The molecule has 3 aromatic rings. The summed E-state index contributed by atoms with van der Waals surface area (Å²) in [7, 11) is 0. The van der Waals surface area contributed by atoms with Gasteiger partial charge in [0.2, 0.25) is 5.91 Å². The molecule has 0 radical (unpaired) electrons. The summed E-state index contributed by atoms with van der Waals surface area (Å²) >= 11 is 0. The number of aliphatic hydroxyl groups is 1. The Kier molecular flexibility index (Phi) is 8.87. The van der Waals surface area contributed by atoms with Crippen molar-refractivity contribution in [2.75, 3.05) is 11.4 Å². The maximum atomic E-state index is 14.0. The fourth-order valence-corrected chi connectivity index (χ4v) is 4.75. The third-order valence-electron chi connectivity index (χ3n) is 7.37. The second-order valence-electron chi connectivity index (χ2n) is 11.7. The van der Waals surface area contributed by atoms with Crippen molar-refractivity contribution in [2.45, 2.75) is 83.7 Å². The number of aromatic nitrogens is 3. The number of halogens is 4. The van der Waals surface area contributed by atoms with Gasteiger partial charge in [0.05, 0.1) is 17.2 Å². The lowest BCUT2D eigenvalue weighted by Crippen LogP contribution is -2.46. The molecule has 0 spiro atoms. The van der Waals surface area contributed by atoms with Gasteiger partial charge < -0.3 is 9.63 Å². The van der Waals surface area contributed by atoms with Crippen LogP contribution in [-0.4, -0.2) is 38.9 Å². The molecule has 1 aliphatic carbocycles. The molecule has 1 N–H and O–H groups in total. The van der Waals surface area contributed by atoms with Gasteiger partial charge in [-0.1, -0.05) is 41.9 Å². The summed E-state index contributed by atoms with van der Waals surface area (Å²) in [5.74, 6) is -1.83. The number of hydrogen-bond donors (Lipinski definition) is 1. The smallest absolute Gasteiger partial charge is 0.386 e. The standard InChI is InChI=1S/C30H36F4N4O3/c1-28(2,31)27-36-24(37-41-27)10-6-5-7-16-38(26(39)20-17-22(18-20)30(32,33)34)25-11-8-9-23(35-25)19-12-14-21(15-13-19)29(3,4)40/h8-9,11-15,20,22,40H,5-7,10,16-18H2,1-4H3. The van der Waals surface area contributed by atoms with Crippen LogP contribution in [0.5, 0.6) is 0 Å². The molecule has 1 amide bonds. The molecule has 0 aliphatic heterocycles. The van der Waals surface area contributed by atoms with Gasteiger partial charge in [0.25, 0.3) is 5.89 Å². The zero-order chi connectivity index (χ0) is 30.0. The SMILES string of the molecule is CC(C)(O)c1ccc(-c2cccc(N(CCCCCc3noc(C(C)(C)F)n3)C(=O)C3CC(C(F)(F)F)C3)n2)cc1. The highest BCUT2D eigenvalue weighted by Crippen LogP contribution is 2.45. The molecule has 0 atom stereocenters. The summed E-state index contributed by atoms with van der Waals surface area (Å²) in [6.45, 7) is 6.34. The molecule has 0 bridgehead atoms. The molecule has 2 heterocycles. The molecule has 0 unspecified atom stereocenters. The Balaban J connectivity index is 1.45. The van der Waals surface area contributed by atoms with Crippen LogP contribution < -0.4 is 4.90 Å². The van der Waals surface area contributed by atoms with Gasteiger partial charge in [-0.25, -0.2) is 9.37 Å². The zero-order valence-corrected chi connectivity index (χ0v) is 23.7. The first-order chi connectivity index (χ1) is 19.1. The number of carbonyl (C=O) groups excluding carboxylic acids is 1. The van der Waals surface area contributed by atoms with Gasteiger partial charge in [0.1, 0.15) is 5.82 Å². The number of nitrogens with zero attached hydrogens (tertiary/aromatic N) is 4. The maximum Gasteiger partial charge on any atom is 0.391 e. The van der Waals surface area contributed by atoms with E-state index >= 15 is 0 Å². The molecule has 1 fully saturated rings. The topological polar surface area (TPSA) is 92.4 Å². The summed E-state index contributed by atoms with van der Waals surface area (Å²) in [6, 6.07) is 12.5. The summed E-state index contributed by atoms with van der Waals surface area (Å²) in [6.07, 6.45) is -2.36. The van der Waals surface area contributed by atoms with Gasteiger partial charge in [0.15, 0.2) is 11.5 Å². The zero-order valence-electron chi connectivity index (χ0n) is 23.7. The third kappa shape index (κ3) is 7.69. The van der Waals surface area contributed by atoms with Crippen molar-refractivity contribution < 1.29 is 32.0 Å². The summed E-state index contributed by atoms with van der Waals surface area (Å²) in [5.41, 5.74) is -0.595. The lowest BCUT2D eigenvalue weighted by Gasteiger charge is -2.38. The highest BCUT2D eigenvalue weighted by atomic mass is 19.4. The molecule has 222 valence electrons. The van der Waals surface area contributed by atoms with E-state index in [1.165, 1.54) is 18.7 Å². The summed E-state index contributed by atoms with van der Waals surface area (Å²) in [5, 5.41) is 14.1. The van der Waals surface area contributed by atoms with E-state index < -0.39 is 29.3 Å². The Bertz CT molecular complexity index is 1320. The van der Waals surface area contributed by atoms with Crippen LogP contribution in [0.3, 0.4) is 0 Å². The normalized spacial score (nSPS) is 17.8. The largest absolute Gasteiger partial charge is 0.391 e. The van der Waals surface area contributed by atoms with Gasteiger partial charge in [-0.05, 0) is 71.1 Å². The fourth-order valence-electron chi connectivity index (χ4n) is 4.75. The van der Waals surface area contributed by atoms with E-state index in [1.54, 1.807) is 44.2 Å². The van der Waals surface area contributed by atoms with Crippen LogP contribution >= 0.6 is 0 Å². The maximum absolute atomic E-state index is 14.0. The molecule has 11 heteroatoms. The van der Waals surface area contributed by atoms with Gasteiger partial charge >= 0.3 is 6.18 Å². The predicted molar refractivity (Wildman–Crippen MR) is 146 cm³/mol. The first-order valence-electron chi connectivity index (χ1n) is 13.8. The van der Waals surface area contributed by atoms with Crippen molar-refractivity contribution >= 4 is 11.7 Å². The van der Waals surface area contributed by atoms with Crippen molar-refractivity contribution in [3.63, 3.8) is 0 Å².